The molecule has 2 rings (SSSR count). The van der Waals surface area contributed by atoms with Crippen LogP contribution in [0.15, 0.2) is 22.6 Å². The summed E-state index contributed by atoms with van der Waals surface area (Å²) in [4.78, 5) is 10.6. The molecule has 112 valence electrons. The highest BCUT2D eigenvalue weighted by Gasteiger charge is 2.21. The molecule has 0 fully saturated rings. The van der Waals surface area contributed by atoms with Gasteiger partial charge in [-0.15, -0.1) is 0 Å². The van der Waals surface area contributed by atoms with Gasteiger partial charge in [-0.2, -0.15) is 0 Å². The minimum Gasteiger partial charge on any atom is -0.466 e. The fraction of sp³-hybridized carbons (Fsp3) is 0.286. The van der Waals surface area contributed by atoms with Gasteiger partial charge in [0.05, 0.1) is 14.5 Å². The fourth-order valence-corrected chi connectivity index (χ4v) is 2.65. The fourth-order valence-electron chi connectivity index (χ4n) is 2.19. The van der Waals surface area contributed by atoms with Gasteiger partial charge in [0.2, 0.25) is 0 Å². The molecular formula is C14H14FIN2O3. The molecule has 0 saturated heterocycles. The van der Waals surface area contributed by atoms with Gasteiger partial charge in [-0.1, -0.05) is 0 Å². The number of halogens is 2. The van der Waals surface area contributed by atoms with E-state index in [1.54, 1.807) is 22.6 Å². The van der Waals surface area contributed by atoms with Crippen LogP contribution in [0.4, 0.5) is 15.8 Å². The lowest BCUT2D eigenvalue weighted by molar-refractivity contribution is -0.384. The van der Waals surface area contributed by atoms with Crippen LogP contribution in [0.2, 0.25) is 0 Å². The van der Waals surface area contributed by atoms with Crippen LogP contribution in [-0.2, 0) is 0 Å². The van der Waals surface area contributed by atoms with E-state index in [1.165, 1.54) is 6.07 Å². The van der Waals surface area contributed by atoms with Crippen molar-refractivity contribution in [3.63, 3.8) is 0 Å². The van der Waals surface area contributed by atoms with Crippen molar-refractivity contribution >= 4 is 34.0 Å². The summed E-state index contributed by atoms with van der Waals surface area (Å²) in [5.41, 5.74) is 0.898. The Labute approximate surface area is 134 Å². The molecule has 0 aliphatic carbocycles. The van der Waals surface area contributed by atoms with Crippen molar-refractivity contribution in [3.05, 3.63) is 54.8 Å². The largest absolute Gasteiger partial charge is 0.466 e. The van der Waals surface area contributed by atoms with E-state index in [0.29, 0.717) is 0 Å². The van der Waals surface area contributed by atoms with Gasteiger partial charge in [-0.05, 0) is 49.4 Å². The van der Waals surface area contributed by atoms with Crippen molar-refractivity contribution in [1.82, 2.24) is 0 Å². The Bertz CT molecular complexity index is 700. The lowest BCUT2D eigenvalue weighted by Gasteiger charge is -2.15. The van der Waals surface area contributed by atoms with E-state index in [9.17, 15) is 14.5 Å². The van der Waals surface area contributed by atoms with E-state index in [2.05, 4.69) is 5.32 Å². The Kier molecular flexibility index (Phi) is 4.50. The summed E-state index contributed by atoms with van der Waals surface area (Å²) in [7, 11) is 0. The molecule has 1 atom stereocenters. The van der Waals surface area contributed by atoms with Crippen LogP contribution in [0.25, 0.3) is 0 Å². The summed E-state index contributed by atoms with van der Waals surface area (Å²) in [6, 6.07) is 4.00. The van der Waals surface area contributed by atoms with Crippen molar-refractivity contribution in [3.8, 4) is 0 Å². The number of nitro groups is 1. The van der Waals surface area contributed by atoms with E-state index < -0.39 is 10.7 Å². The first kappa shape index (κ1) is 15.7. The molecule has 1 heterocycles. The van der Waals surface area contributed by atoms with Crippen molar-refractivity contribution in [2.45, 2.75) is 26.8 Å². The molecule has 2 aromatic rings. The van der Waals surface area contributed by atoms with Gasteiger partial charge in [0, 0.05) is 17.7 Å². The number of furan rings is 1. The highest BCUT2D eigenvalue weighted by atomic mass is 127. The quantitative estimate of drug-likeness (QED) is 0.455. The predicted molar refractivity (Wildman–Crippen MR) is 86.0 cm³/mol. The number of hydrogen-bond donors (Lipinski definition) is 1. The van der Waals surface area contributed by atoms with Crippen molar-refractivity contribution < 1.29 is 13.7 Å². The highest BCUT2D eigenvalue weighted by Crippen LogP contribution is 2.32. The Balaban J connectivity index is 2.36. The smallest absolute Gasteiger partial charge is 0.293 e. The number of rotatable bonds is 4. The Morgan fingerprint density at radius 1 is 1.38 bits per heavy atom. The average molecular weight is 404 g/mol. The number of nitrogens with zero attached hydrogens (tertiary/aromatic N) is 1. The predicted octanol–water partition coefficient (Wildman–Crippen LogP) is 4.72. The molecule has 7 heteroatoms. The van der Waals surface area contributed by atoms with Crippen molar-refractivity contribution in [2.24, 2.45) is 0 Å². The third-order valence-corrected chi connectivity index (χ3v) is 3.98. The molecule has 1 aromatic heterocycles. The zero-order valence-corrected chi connectivity index (χ0v) is 13.9. The first-order chi connectivity index (χ1) is 9.79. The molecule has 0 amide bonds. The minimum absolute atomic E-state index is 0.148. The average Bonchev–Trinajstić information content (AvgIpc) is 2.72. The number of hydrogen-bond acceptors (Lipinski definition) is 4. The summed E-state index contributed by atoms with van der Waals surface area (Å²) < 4.78 is 19.3. The molecule has 21 heavy (non-hydrogen) atoms. The first-order valence-corrected chi connectivity index (χ1v) is 7.34. The van der Waals surface area contributed by atoms with Crippen LogP contribution in [-0.4, -0.2) is 4.92 Å². The second kappa shape index (κ2) is 6.00. The second-order valence-electron chi connectivity index (χ2n) is 4.78. The molecule has 0 saturated carbocycles. The third-order valence-electron chi connectivity index (χ3n) is 3.15. The van der Waals surface area contributed by atoms with Crippen molar-refractivity contribution in [1.29, 1.82) is 0 Å². The van der Waals surface area contributed by atoms with Crippen LogP contribution in [0.5, 0.6) is 0 Å². The number of nitrogens with one attached hydrogen (secondary N) is 1. The molecule has 0 spiro atoms. The Hall–Kier alpha value is -1.64. The molecule has 1 N–H and O–H groups in total. The van der Waals surface area contributed by atoms with Crippen molar-refractivity contribution in [2.75, 3.05) is 5.32 Å². The third kappa shape index (κ3) is 3.34. The van der Waals surface area contributed by atoms with Gasteiger partial charge in [0.25, 0.3) is 5.69 Å². The Morgan fingerprint density at radius 2 is 2.05 bits per heavy atom. The molecule has 1 aromatic carbocycles. The van der Waals surface area contributed by atoms with Gasteiger partial charge in [0.15, 0.2) is 0 Å². The number of benzene rings is 1. The van der Waals surface area contributed by atoms with E-state index in [4.69, 9.17) is 4.42 Å². The molecule has 1 unspecified atom stereocenters. The maximum atomic E-state index is 13.7. The standard InChI is InChI=1S/C14H14FIN2O3/c1-7-4-10(9(3)21-7)8(2)17-13-5-11(15)12(16)6-14(13)18(19)20/h4-6,8,17H,1-3H3. The van der Waals surface area contributed by atoms with Crippen LogP contribution < -0.4 is 5.32 Å². The Morgan fingerprint density at radius 3 is 2.57 bits per heavy atom. The normalized spacial score (nSPS) is 12.2. The summed E-state index contributed by atoms with van der Waals surface area (Å²) >= 11 is 1.73. The number of nitro benzene ring substituents is 1. The lowest BCUT2D eigenvalue weighted by atomic mass is 10.1. The number of anilines is 1. The van der Waals surface area contributed by atoms with E-state index >= 15 is 0 Å². The van der Waals surface area contributed by atoms with Gasteiger partial charge < -0.3 is 9.73 Å². The van der Waals surface area contributed by atoms with E-state index in [1.807, 2.05) is 26.8 Å². The highest BCUT2D eigenvalue weighted by molar-refractivity contribution is 14.1. The summed E-state index contributed by atoms with van der Waals surface area (Å²) in [5.74, 6) is 1.01. The van der Waals surface area contributed by atoms with Gasteiger partial charge in [-0.3, -0.25) is 10.1 Å². The molecule has 0 radical (unpaired) electrons. The molecule has 0 aliphatic heterocycles. The van der Waals surface area contributed by atoms with Crippen LogP contribution in [0.3, 0.4) is 0 Å². The SMILES string of the molecule is Cc1cc(C(C)Nc2cc(F)c(I)cc2[N+](=O)[O-])c(C)o1. The topological polar surface area (TPSA) is 68.3 Å². The van der Waals surface area contributed by atoms with Crippen LogP contribution in [0.1, 0.15) is 30.0 Å². The van der Waals surface area contributed by atoms with E-state index in [0.717, 1.165) is 23.2 Å². The molecule has 5 nitrogen and oxygen atoms in total. The van der Waals surface area contributed by atoms with Crippen LogP contribution >= 0.6 is 22.6 Å². The van der Waals surface area contributed by atoms with E-state index in [-0.39, 0.29) is 21.0 Å². The zero-order chi connectivity index (χ0) is 15.7. The maximum Gasteiger partial charge on any atom is 0.293 e. The minimum atomic E-state index is -0.524. The summed E-state index contributed by atoms with van der Waals surface area (Å²) in [5, 5.41) is 14.1. The monoisotopic (exact) mass is 404 g/mol. The molecule has 0 aliphatic rings. The molecule has 0 bridgehead atoms. The van der Waals surface area contributed by atoms with Crippen LogP contribution in [0, 0.1) is 33.3 Å². The zero-order valence-electron chi connectivity index (χ0n) is 11.7. The lowest BCUT2D eigenvalue weighted by Crippen LogP contribution is -2.09. The number of aryl methyl sites for hydroxylation is 2. The second-order valence-corrected chi connectivity index (χ2v) is 5.94. The van der Waals surface area contributed by atoms with Gasteiger partial charge in [-0.25, -0.2) is 4.39 Å². The van der Waals surface area contributed by atoms with Gasteiger partial charge in [0.1, 0.15) is 23.0 Å². The first-order valence-electron chi connectivity index (χ1n) is 6.26. The summed E-state index contributed by atoms with van der Waals surface area (Å²) in [6.45, 7) is 5.50. The van der Waals surface area contributed by atoms with Gasteiger partial charge >= 0.3 is 0 Å². The maximum absolute atomic E-state index is 13.7. The summed E-state index contributed by atoms with van der Waals surface area (Å²) in [6.07, 6.45) is 0. The molecular weight excluding hydrogens is 390 g/mol.